The molecule has 7 nitrogen and oxygen atoms in total. The molecular weight excluding hydrogens is 396 g/mol. The van der Waals surface area contributed by atoms with Gasteiger partial charge < -0.3 is 20.1 Å². The molecule has 1 saturated heterocycles. The maximum atomic E-state index is 12.8. The highest BCUT2D eigenvalue weighted by molar-refractivity contribution is 5.99. The third kappa shape index (κ3) is 6.65. The molecule has 2 amide bonds. The summed E-state index contributed by atoms with van der Waals surface area (Å²) in [5.74, 6) is -0.184. The van der Waals surface area contributed by atoms with Gasteiger partial charge in [0.05, 0.1) is 6.61 Å². The van der Waals surface area contributed by atoms with Crippen LogP contribution in [0.25, 0.3) is 0 Å². The third-order valence-electron chi connectivity index (χ3n) is 4.91. The maximum absolute atomic E-state index is 12.8. The van der Waals surface area contributed by atoms with Crippen LogP contribution in [0.15, 0.2) is 54.6 Å². The minimum atomic E-state index is -0.755. The molecule has 1 aliphatic rings. The fraction of sp³-hybridized carbons (Fsp3) is 0.375. The predicted octanol–water partition coefficient (Wildman–Crippen LogP) is 2.49. The van der Waals surface area contributed by atoms with Gasteiger partial charge in [-0.25, -0.2) is 0 Å². The topological polar surface area (TPSA) is 93.7 Å². The highest BCUT2D eigenvalue weighted by Gasteiger charge is 2.30. The molecule has 2 aromatic carbocycles. The molecule has 31 heavy (non-hydrogen) atoms. The smallest absolute Gasteiger partial charge is 0.252 e. The lowest BCUT2D eigenvalue weighted by Gasteiger charge is -2.22. The molecule has 164 valence electrons. The Bertz CT molecular complexity index is 913. The van der Waals surface area contributed by atoms with Crippen molar-refractivity contribution in [3.8, 4) is 5.75 Å². The van der Waals surface area contributed by atoms with Crippen LogP contribution >= 0.6 is 0 Å². The summed E-state index contributed by atoms with van der Waals surface area (Å²) < 4.78 is 10.9. The summed E-state index contributed by atoms with van der Waals surface area (Å²) in [6.07, 6.45) is 0.448. The summed E-state index contributed by atoms with van der Waals surface area (Å²) in [5, 5.41) is 5.48. The number of benzene rings is 2. The zero-order valence-corrected chi connectivity index (χ0v) is 17.8. The molecule has 2 atom stereocenters. The van der Waals surface area contributed by atoms with Gasteiger partial charge in [0.1, 0.15) is 31.0 Å². The van der Waals surface area contributed by atoms with Crippen molar-refractivity contribution >= 4 is 17.6 Å². The number of Topliss-reactive ketones (excluding diaryl/α,β-unsaturated/α-hetero) is 1. The molecule has 7 heteroatoms. The van der Waals surface area contributed by atoms with Crippen molar-refractivity contribution in [3.63, 3.8) is 0 Å². The Kier molecular flexibility index (Phi) is 7.78. The van der Waals surface area contributed by atoms with E-state index in [9.17, 15) is 14.4 Å². The lowest BCUT2D eigenvalue weighted by atomic mass is 10.0. The Morgan fingerprint density at radius 1 is 1.13 bits per heavy atom. The lowest BCUT2D eigenvalue weighted by Crippen LogP contribution is -2.52. The van der Waals surface area contributed by atoms with Gasteiger partial charge in [-0.05, 0) is 36.1 Å². The van der Waals surface area contributed by atoms with Crippen LogP contribution in [-0.4, -0.2) is 42.9 Å². The molecule has 0 radical (unpaired) electrons. The number of nitrogens with one attached hydrogen (secondary N) is 2. The summed E-state index contributed by atoms with van der Waals surface area (Å²) in [7, 11) is 0. The molecule has 1 fully saturated rings. The van der Waals surface area contributed by atoms with E-state index in [0.29, 0.717) is 24.3 Å². The maximum Gasteiger partial charge on any atom is 0.252 e. The van der Waals surface area contributed by atoms with Gasteiger partial charge in [0.15, 0.2) is 5.78 Å². The van der Waals surface area contributed by atoms with E-state index in [2.05, 4.69) is 10.6 Å². The first kappa shape index (κ1) is 22.5. The average Bonchev–Trinajstić information content (AvgIpc) is 3.16. The number of carbonyl (C=O) groups excluding carboxylic acids is 3. The first-order valence-corrected chi connectivity index (χ1v) is 10.4. The van der Waals surface area contributed by atoms with Gasteiger partial charge in [-0.2, -0.15) is 0 Å². The number of ketones is 1. The normalized spacial score (nSPS) is 16.7. The number of amides is 2. The van der Waals surface area contributed by atoms with Crippen LogP contribution in [-0.2, 0) is 20.9 Å². The molecule has 0 aromatic heterocycles. The van der Waals surface area contributed by atoms with Crippen LogP contribution in [0.5, 0.6) is 5.75 Å². The molecule has 1 aliphatic heterocycles. The van der Waals surface area contributed by atoms with Crippen molar-refractivity contribution in [2.45, 2.75) is 39.0 Å². The zero-order valence-electron chi connectivity index (χ0n) is 17.8. The second-order valence-electron chi connectivity index (χ2n) is 8.00. The van der Waals surface area contributed by atoms with Gasteiger partial charge in [0.2, 0.25) is 5.91 Å². The minimum Gasteiger partial charge on any atom is -0.489 e. The number of ether oxygens (including phenoxy) is 2. The lowest BCUT2D eigenvalue weighted by molar-refractivity contribution is -0.127. The number of rotatable bonds is 9. The fourth-order valence-corrected chi connectivity index (χ4v) is 3.28. The molecule has 0 aliphatic carbocycles. The highest BCUT2D eigenvalue weighted by Crippen LogP contribution is 2.16. The molecule has 0 saturated carbocycles. The van der Waals surface area contributed by atoms with E-state index in [-0.39, 0.29) is 36.7 Å². The van der Waals surface area contributed by atoms with Crippen molar-refractivity contribution in [2.24, 2.45) is 5.92 Å². The number of hydrogen-bond acceptors (Lipinski definition) is 5. The average molecular weight is 424 g/mol. The van der Waals surface area contributed by atoms with Gasteiger partial charge in [-0.3, -0.25) is 14.4 Å². The van der Waals surface area contributed by atoms with Crippen molar-refractivity contribution < 1.29 is 23.9 Å². The molecule has 3 rings (SSSR count). The molecule has 0 spiro atoms. The van der Waals surface area contributed by atoms with Crippen LogP contribution in [0, 0.1) is 5.92 Å². The van der Waals surface area contributed by atoms with Gasteiger partial charge in [0.25, 0.3) is 5.91 Å². The Hall–Kier alpha value is -3.19. The van der Waals surface area contributed by atoms with E-state index < -0.39 is 12.1 Å². The molecule has 2 N–H and O–H groups in total. The van der Waals surface area contributed by atoms with Crippen LogP contribution in [0.1, 0.15) is 36.2 Å². The van der Waals surface area contributed by atoms with Crippen molar-refractivity contribution in [1.29, 1.82) is 0 Å². The largest absolute Gasteiger partial charge is 0.489 e. The molecule has 1 heterocycles. The predicted molar refractivity (Wildman–Crippen MR) is 116 cm³/mol. The van der Waals surface area contributed by atoms with Crippen molar-refractivity contribution in [1.82, 2.24) is 10.6 Å². The second-order valence-corrected chi connectivity index (χ2v) is 8.00. The van der Waals surface area contributed by atoms with E-state index in [0.717, 1.165) is 5.56 Å². The van der Waals surface area contributed by atoms with Crippen molar-refractivity contribution in [3.05, 3.63) is 65.7 Å². The SMILES string of the molecule is CC(C)C[C@H](NC(=O)c1cccc(OCc2ccccc2)c1)C(=O)N[C@@H]1COCC1=O. The quantitative estimate of drug-likeness (QED) is 0.645. The zero-order chi connectivity index (χ0) is 22.2. The number of carbonyl (C=O) groups is 3. The van der Waals surface area contributed by atoms with E-state index in [4.69, 9.17) is 9.47 Å². The van der Waals surface area contributed by atoms with Crippen LogP contribution in [0.3, 0.4) is 0 Å². The Balaban J connectivity index is 1.63. The Morgan fingerprint density at radius 3 is 2.58 bits per heavy atom. The number of hydrogen-bond donors (Lipinski definition) is 2. The van der Waals surface area contributed by atoms with Gasteiger partial charge in [-0.1, -0.05) is 50.2 Å². The summed E-state index contributed by atoms with van der Waals surface area (Å²) in [4.78, 5) is 37.3. The standard InChI is InChI=1S/C24H28N2O5/c1-16(2)11-20(24(29)26-21-14-30-15-22(21)27)25-23(28)18-9-6-10-19(12-18)31-13-17-7-4-3-5-8-17/h3-10,12,16,20-21H,11,13-15H2,1-2H3,(H,25,28)(H,26,29)/t20-,21+/m0/s1. The minimum absolute atomic E-state index is 0.00191. The monoisotopic (exact) mass is 424 g/mol. The van der Waals surface area contributed by atoms with Crippen molar-refractivity contribution in [2.75, 3.05) is 13.2 Å². The second kappa shape index (κ2) is 10.7. The van der Waals surface area contributed by atoms with Crippen LogP contribution < -0.4 is 15.4 Å². The molecule has 0 bridgehead atoms. The summed E-state index contributed by atoms with van der Waals surface area (Å²) >= 11 is 0. The first-order valence-electron chi connectivity index (χ1n) is 10.4. The highest BCUT2D eigenvalue weighted by atomic mass is 16.5. The molecule has 2 aromatic rings. The van der Waals surface area contributed by atoms with Gasteiger partial charge >= 0.3 is 0 Å². The van der Waals surface area contributed by atoms with E-state index >= 15 is 0 Å². The Labute approximate surface area is 182 Å². The first-order chi connectivity index (χ1) is 14.9. The summed E-state index contributed by atoms with van der Waals surface area (Å²) in [6, 6.07) is 15.2. The van der Waals surface area contributed by atoms with Crippen LogP contribution in [0.4, 0.5) is 0 Å². The fourth-order valence-electron chi connectivity index (χ4n) is 3.28. The van der Waals surface area contributed by atoms with Gasteiger partial charge in [0, 0.05) is 5.56 Å². The van der Waals surface area contributed by atoms with E-state index in [1.807, 2.05) is 44.2 Å². The van der Waals surface area contributed by atoms with Crippen LogP contribution in [0.2, 0.25) is 0 Å². The Morgan fingerprint density at radius 2 is 1.90 bits per heavy atom. The van der Waals surface area contributed by atoms with E-state index in [1.54, 1.807) is 24.3 Å². The van der Waals surface area contributed by atoms with E-state index in [1.165, 1.54) is 0 Å². The molecular formula is C24H28N2O5. The molecule has 0 unspecified atom stereocenters. The summed E-state index contributed by atoms with van der Waals surface area (Å²) in [5.41, 5.74) is 1.42. The summed E-state index contributed by atoms with van der Waals surface area (Å²) in [6.45, 7) is 4.49. The third-order valence-corrected chi connectivity index (χ3v) is 4.91. The van der Waals surface area contributed by atoms with Gasteiger partial charge in [-0.15, -0.1) is 0 Å².